The van der Waals surface area contributed by atoms with Crippen LogP contribution in [-0.4, -0.2) is 193 Å². The fraction of sp³-hybridized carbons (Fsp3) is 0.365. The molecule has 0 bridgehead atoms. The van der Waals surface area contributed by atoms with Crippen LogP contribution in [0.5, 0.6) is 46.0 Å². The lowest BCUT2D eigenvalue weighted by atomic mass is 9.98. The predicted molar refractivity (Wildman–Crippen MR) is 260 cm³/mol. The number of aliphatic hydroxyl groups excluding tert-OH is 8. The van der Waals surface area contributed by atoms with Gasteiger partial charge in [-0.1, -0.05) is 12.1 Å². The van der Waals surface area contributed by atoms with Crippen LogP contribution in [0.15, 0.2) is 95.4 Å². The molecule has 14 atom stereocenters. The molecule has 1 aromatic heterocycles. The monoisotopic (exact) mass is 1080 g/mol. The number of aliphatic hydroxyl groups is 8. The zero-order valence-corrected chi connectivity index (χ0v) is 40.7. The lowest BCUT2D eigenvalue weighted by Gasteiger charge is -2.45. The quantitative estimate of drug-likeness (QED) is 0.0344. The predicted octanol–water partition coefficient (Wildman–Crippen LogP) is 0.570. The number of methoxy groups -OCH3 is 2. The average Bonchev–Trinajstić information content (AvgIpc) is 3.45. The summed E-state index contributed by atoms with van der Waals surface area (Å²) < 4.78 is 63.7. The van der Waals surface area contributed by atoms with Crippen LogP contribution in [-0.2, 0) is 38.0 Å². The fourth-order valence-corrected chi connectivity index (χ4v) is 8.34. The molecule has 0 radical (unpaired) electrons. The van der Waals surface area contributed by atoms with Crippen molar-refractivity contribution in [3.63, 3.8) is 0 Å². The van der Waals surface area contributed by atoms with Crippen LogP contribution in [0.2, 0.25) is 0 Å². The topological polar surface area (TPSA) is 381 Å². The van der Waals surface area contributed by atoms with E-state index in [2.05, 4.69) is 0 Å². The average molecular weight is 1080 g/mol. The first-order valence-electron chi connectivity index (χ1n) is 23.6. The van der Waals surface area contributed by atoms with Gasteiger partial charge in [0.1, 0.15) is 89.9 Å². The van der Waals surface area contributed by atoms with Crippen molar-refractivity contribution in [2.45, 2.75) is 86.0 Å². The molecule has 3 saturated heterocycles. The smallest absolute Gasteiger partial charge is 0.402 e. The minimum atomic E-state index is -2.08. The van der Waals surface area contributed by atoms with Crippen molar-refractivity contribution in [2.24, 2.45) is 0 Å². The molecular formula is C52H55O25+. The van der Waals surface area contributed by atoms with Crippen molar-refractivity contribution in [3.8, 4) is 57.3 Å². The zero-order chi connectivity index (χ0) is 55.2. The summed E-state index contributed by atoms with van der Waals surface area (Å²) in [5.41, 5.74) is 0.893. The Morgan fingerprint density at radius 2 is 1.22 bits per heavy atom. The minimum Gasteiger partial charge on any atom is -0.508 e. The Morgan fingerprint density at radius 3 is 1.88 bits per heavy atom. The van der Waals surface area contributed by atoms with Gasteiger partial charge in [0.25, 0.3) is 0 Å². The highest BCUT2D eigenvalue weighted by Crippen LogP contribution is 2.43. The molecule has 3 aliphatic heterocycles. The molecule has 77 heavy (non-hydrogen) atoms. The summed E-state index contributed by atoms with van der Waals surface area (Å²) in [6, 6.07) is 17.5. The van der Waals surface area contributed by atoms with Gasteiger partial charge in [0.2, 0.25) is 24.1 Å². The molecule has 3 fully saturated rings. The standard InChI is InChI=1S/C52H54O25/c1-67-33-15-24(16-34(68-2)41(33)61)6-14-39(59)76-48-40(60)30(57)21-70-51(48)77-49-45(65)43(63)37(22-69-38(58)13-5-23-3-9-26(54)10-4-23)75-52(49)73-35-19-29-31(71-47(35)25-7-11-27(55)12-8-25)17-28(56)18-32(29)72-50-46(66)44(64)42(62)36(20-53)74-50/h3-19,30,36-37,40,42-46,48-53,57,60,62-66H,20-22H2,1-2H3,(H3-,54,55,56,58,59,61)/p+1/t30-,36?,37?,40+,42-,43-,44+,45?,46?,48?,49-,50-,51+,52-/m1/s1. The maximum atomic E-state index is 13.4. The highest BCUT2D eigenvalue weighted by Gasteiger charge is 2.52. The van der Waals surface area contributed by atoms with Crippen molar-refractivity contribution in [1.29, 1.82) is 0 Å². The van der Waals surface area contributed by atoms with Gasteiger partial charge in [0.05, 0.1) is 39.1 Å². The minimum absolute atomic E-state index is 0.00817. The van der Waals surface area contributed by atoms with Crippen LogP contribution in [0.1, 0.15) is 11.1 Å². The first kappa shape index (κ1) is 55.9. The second-order valence-corrected chi connectivity index (χ2v) is 17.7. The van der Waals surface area contributed by atoms with E-state index >= 15 is 0 Å². The first-order chi connectivity index (χ1) is 36.8. The zero-order valence-electron chi connectivity index (χ0n) is 40.7. The number of ether oxygens (including phenoxy) is 10. The third-order valence-corrected chi connectivity index (χ3v) is 12.5. The molecule has 4 aromatic carbocycles. The van der Waals surface area contributed by atoms with E-state index in [1.165, 1.54) is 99.2 Å². The molecule has 0 spiro atoms. The lowest BCUT2D eigenvalue weighted by molar-refractivity contribution is -0.345. The SMILES string of the molecule is COc1cc(/C=C/C(=O)OC2[C@H](O[C@@H]3C(O)[C@H](O)C(COC(=O)/C=C/c4ccc(O)cc4)O[C@H]3Oc3cc4c(O[C@@H]5OC(CO)[C@@H](O)[C@H](O)C5O)cc(O)cc4[o+]c3-c3ccc(O)cc3)OC[C@@H](O)[C@@H]2O)cc(OC)c1O. The molecule has 0 amide bonds. The van der Waals surface area contributed by atoms with Crippen LogP contribution >= 0.6 is 0 Å². The Kier molecular flexibility index (Phi) is 17.6. The molecule has 4 heterocycles. The van der Waals surface area contributed by atoms with Gasteiger partial charge in [0.15, 0.2) is 30.0 Å². The lowest BCUT2D eigenvalue weighted by Crippen LogP contribution is -2.64. The van der Waals surface area contributed by atoms with E-state index in [9.17, 15) is 70.9 Å². The Labute approximate surface area is 436 Å². The van der Waals surface area contributed by atoms with Crippen molar-refractivity contribution >= 4 is 35.1 Å². The summed E-state index contributed by atoms with van der Waals surface area (Å²) >= 11 is 0. The number of phenols is 4. The van der Waals surface area contributed by atoms with Gasteiger partial charge < -0.3 is 109 Å². The van der Waals surface area contributed by atoms with Gasteiger partial charge in [0, 0.05) is 24.3 Å². The van der Waals surface area contributed by atoms with Gasteiger partial charge in [-0.2, -0.15) is 0 Å². The van der Waals surface area contributed by atoms with E-state index in [0.29, 0.717) is 11.1 Å². The van der Waals surface area contributed by atoms with E-state index in [1.54, 1.807) is 0 Å². The van der Waals surface area contributed by atoms with Crippen LogP contribution < -0.4 is 18.9 Å². The van der Waals surface area contributed by atoms with Crippen LogP contribution in [0.4, 0.5) is 0 Å². The number of benzene rings is 4. The Hall–Kier alpha value is -7.37. The third-order valence-electron chi connectivity index (χ3n) is 12.5. The molecule has 3 aliphatic rings. The van der Waals surface area contributed by atoms with E-state index in [4.69, 9.17) is 51.8 Å². The summed E-state index contributed by atoms with van der Waals surface area (Å²) in [6.07, 6.45) is -20.9. The largest absolute Gasteiger partial charge is 0.508 e. The number of carbonyl (C=O) groups is 2. The molecule has 0 aliphatic carbocycles. The molecular weight excluding hydrogens is 1020 g/mol. The molecule has 412 valence electrons. The molecule has 12 N–H and O–H groups in total. The van der Waals surface area contributed by atoms with Crippen molar-refractivity contribution in [1.82, 2.24) is 0 Å². The summed E-state index contributed by atoms with van der Waals surface area (Å²) in [7, 11) is 2.59. The normalized spacial score (nSPS) is 28.5. The number of hydrogen-bond donors (Lipinski definition) is 12. The highest BCUT2D eigenvalue weighted by molar-refractivity contribution is 5.89. The van der Waals surface area contributed by atoms with Crippen LogP contribution in [0.25, 0.3) is 34.4 Å². The Bertz CT molecular complexity index is 2890. The second kappa shape index (κ2) is 24.3. The van der Waals surface area contributed by atoms with E-state index in [-0.39, 0.29) is 62.5 Å². The first-order valence-corrected chi connectivity index (χ1v) is 23.6. The van der Waals surface area contributed by atoms with Crippen molar-refractivity contribution < 1.29 is 123 Å². The number of esters is 2. The summed E-state index contributed by atoms with van der Waals surface area (Å²) in [4.78, 5) is 26.4. The van der Waals surface area contributed by atoms with Gasteiger partial charge in [-0.3, -0.25) is 0 Å². The number of phenolic OH excluding ortho intramolecular Hbond substituents is 4. The highest BCUT2D eigenvalue weighted by atomic mass is 16.8. The number of hydrogen-bond acceptors (Lipinski definition) is 24. The van der Waals surface area contributed by atoms with Gasteiger partial charge >= 0.3 is 23.3 Å². The van der Waals surface area contributed by atoms with Crippen LogP contribution in [0.3, 0.4) is 0 Å². The van der Waals surface area contributed by atoms with E-state index in [1.807, 2.05) is 0 Å². The summed E-state index contributed by atoms with van der Waals surface area (Å²) in [6.45, 7) is -2.14. The molecule has 5 unspecified atom stereocenters. The molecule has 0 saturated carbocycles. The maximum absolute atomic E-state index is 13.4. The third kappa shape index (κ3) is 12.7. The van der Waals surface area contributed by atoms with E-state index < -0.39 is 124 Å². The fourth-order valence-electron chi connectivity index (χ4n) is 8.34. The van der Waals surface area contributed by atoms with Crippen LogP contribution in [0, 0.1) is 0 Å². The second-order valence-electron chi connectivity index (χ2n) is 17.7. The summed E-state index contributed by atoms with van der Waals surface area (Å²) in [5, 5.41) is 128. The van der Waals surface area contributed by atoms with Gasteiger partial charge in [-0.05, 0) is 71.8 Å². The molecule has 5 aromatic rings. The van der Waals surface area contributed by atoms with Gasteiger partial charge in [-0.15, -0.1) is 0 Å². The number of rotatable bonds is 17. The van der Waals surface area contributed by atoms with Gasteiger partial charge in [-0.25, -0.2) is 14.0 Å². The van der Waals surface area contributed by atoms with Crippen molar-refractivity contribution in [3.05, 3.63) is 102 Å². The Morgan fingerprint density at radius 1 is 0.610 bits per heavy atom. The summed E-state index contributed by atoms with van der Waals surface area (Å²) in [5.74, 6) is -3.73. The number of aromatic hydroxyl groups is 4. The Balaban J connectivity index is 1.15. The van der Waals surface area contributed by atoms with E-state index in [0.717, 1.165) is 18.2 Å². The van der Waals surface area contributed by atoms with Crippen molar-refractivity contribution in [2.75, 3.05) is 34.0 Å². The maximum Gasteiger partial charge on any atom is 0.402 e. The number of carbonyl (C=O) groups excluding carboxylic acids is 2. The molecule has 25 nitrogen and oxygen atoms in total. The molecule has 25 heteroatoms. The molecule has 8 rings (SSSR count). The number of fused-ring (bicyclic) bond motifs is 1.